The number of carbonyl (C=O) groups excluding carboxylic acids is 1. The fourth-order valence-electron chi connectivity index (χ4n) is 3.48. The number of ether oxygens (including phenoxy) is 2. The highest BCUT2D eigenvalue weighted by molar-refractivity contribution is 7.89. The normalized spacial score (nSPS) is 17.5. The van der Waals surface area contributed by atoms with Gasteiger partial charge in [-0.05, 0) is 61.4 Å². The van der Waals surface area contributed by atoms with Gasteiger partial charge in [0.2, 0.25) is 15.9 Å². The van der Waals surface area contributed by atoms with Gasteiger partial charge in [-0.2, -0.15) is 4.31 Å². The minimum absolute atomic E-state index is 0.113. The Labute approximate surface area is 171 Å². The minimum Gasteiger partial charge on any atom is -0.497 e. The van der Waals surface area contributed by atoms with Crippen molar-refractivity contribution in [1.82, 2.24) is 4.31 Å². The lowest BCUT2D eigenvalue weighted by Crippen LogP contribution is -2.45. The first kappa shape index (κ1) is 21.1. The fourth-order valence-corrected chi connectivity index (χ4v) is 5.17. The zero-order valence-corrected chi connectivity index (χ0v) is 17.4. The Bertz CT molecular complexity index is 927. The summed E-state index contributed by atoms with van der Waals surface area (Å²) in [4.78, 5) is 12.8. The number of nitrogens with one attached hydrogen (secondary N) is 1. The molecule has 0 radical (unpaired) electrons. The van der Waals surface area contributed by atoms with Crippen LogP contribution in [0.2, 0.25) is 0 Å². The zero-order chi connectivity index (χ0) is 20.9. The van der Waals surface area contributed by atoms with Crippen molar-refractivity contribution in [2.45, 2.75) is 36.6 Å². The average molecular weight is 419 g/mol. The van der Waals surface area contributed by atoms with Gasteiger partial charge in [-0.25, -0.2) is 8.42 Å². The van der Waals surface area contributed by atoms with Crippen LogP contribution in [0.5, 0.6) is 11.5 Å². The molecule has 1 atom stereocenters. The number of carbonyl (C=O) groups is 1. The largest absolute Gasteiger partial charge is 0.497 e. The topological polar surface area (TPSA) is 84.9 Å². The molecule has 156 valence electrons. The Kier molecular flexibility index (Phi) is 6.76. The highest BCUT2D eigenvalue weighted by Gasteiger charge is 2.34. The molecular weight excluding hydrogens is 392 g/mol. The van der Waals surface area contributed by atoms with E-state index in [2.05, 4.69) is 5.32 Å². The molecule has 1 aliphatic heterocycles. The molecule has 1 N–H and O–H groups in total. The van der Waals surface area contributed by atoms with E-state index in [9.17, 15) is 13.2 Å². The highest BCUT2D eigenvalue weighted by Crippen LogP contribution is 2.28. The smallest absolute Gasteiger partial charge is 0.243 e. The van der Waals surface area contributed by atoms with Crippen LogP contribution in [0.4, 0.5) is 5.69 Å². The van der Waals surface area contributed by atoms with Crippen molar-refractivity contribution in [2.75, 3.05) is 26.1 Å². The molecule has 1 amide bonds. The Hall–Kier alpha value is -2.58. The summed E-state index contributed by atoms with van der Waals surface area (Å²) in [5.74, 6) is 1.09. The van der Waals surface area contributed by atoms with Crippen LogP contribution in [-0.2, 0) is 14.8 Å². The van der Waals surface area contributed by atoms with Crippen LogP contribution in [0.15, 0.2) is 53.4 Å². The molecule has 1 saturated heterocycles. The van der Waals surface area contributed by atoms with Gasteiger partial charge >= 0.3 is 0 Å². The van der Waals surface area contributed by atoms with Crippen LogP contribution in [0, 0.1) is 0 Å². The summed E-state index contributed by atoms with van der Waals surface area (Å²) in [6.45, 7) is 0.412. The molecule has 3 rings (SSSR count). The molecule has 0 aliphatic carbocycles. The first-order chi connectivity index (χ1) is 13.9. The third-order valence-corrected chi connectivity index (χ3v) is 7.00. The second-order valence-electron chi connectivity index (χ2n) is 6.92. The number of anilines is 1. The number of benzene rings is 2. The lowest BCUT2D eigenvalue weighted by molar-refractivity contribution is -0.117. The third-order valence-electron chi connectivity index (χ3n) is 5.03. The molecule has 2 aromatic carbocycles. The van der Waals surface area contributed by atoms with E-state index in [-0.39, 0.29) is 23.3 Å². The number of hydrogen-bond acceptors (Lipinski definition) is 5. The van der Waals surface area contributed by atoms with Gasteiger partial charge < -0.3 is 14.8 Å². The molecular formula is C21H26N2O5S. The summed E-state index contributed by atoms with van der Waals surface area (Å²) in [7, 11) is -0.571. The highest BCUT2D eigenvalue weighted by atomic mass is 32.2. The SMILES string of the molecule is COc1ccc(NC(=O)C[C@H]2CCCCN2S(=O)(=O)c2ccc(OC)cc2)cc1. The number of methoxy groups -OCH3 is 2. The summed E-state index contributed by atoms with van der Waals surface area (Å²) in [6.07, 6.45) is 2.45. The van der Waals surface area contributed by atoms with E-state index in [0.29, 0.717) is 30.2 Å². The maximum atomic E-state index is 13.1. The molecule has 0 saturated carbocycles. The average Bonchev–Trinajstić information content (AvgIpc) is 2.74. The summed E-state index contributed by atoms with van der Waals surface area (Å²) in [5.41, 5.74) is 0.649. The van der Waals surface area contributed by atoms with E-state index in [1.54, 1.807) is 43.5 Å². The fraction of sp³-hybridized carbons (Fsp3) is 0.381. The van der Waals surface area contributed by atoms with Gasteiger partial charge in [0.25, 0.3) is 0 Å². The van der Waals surface area contributed by atoms with E-state index < -0.39 is 10.0 Å². The second-order valence-corrected chi connectivity index (χ2v) is 8.81. The van der Waals surface area contributed by atoms with Crippen molar-refractivity contribution in [2.24, 2.45) is 0 Å². The Morgan fingerprint density at radius 3 is 2.17 bits per heavy atom. The van der Waals surface area contributed by atoms with Crippen molar-refractivity contribution in [3.05, 3.63) is 48.5 Å². The first-order valence-corrected chi connectivity index (χ1v) is 11.0. The third kappa shape index (κ3) is 5.07. The van der Waals surface area contributed by atoms with Crippen molar-refractivity contribution in [1.29, 1.82) is 0 Å². The number of hydrogen-bond donors (Lipinski definition) is 1. The molecule has 0 bridgehead atoms. The lowest BCUT2D eigenvalue weighted by Gasteiger charge is -2.34. The van der Waals surface area contributed by atoms with E-state index in [1.165, 1.54) is 23.5 Å². The zero-order valence-electron chi connectivity index (χ0n) is 16.6. The quantitative estimate of drug-likeness (QED) is 0.746. The molecule has 2 aromatic rings. The number of sulfonamides is 1. The van der Waals surface area contributed by atoms with E-state index in [0.717, 1.165) is 12.8 Å². The summed E-state index contributed by atoms with van der Waals surface area (Å²) in [6, 6.07) is 13.0. The maximum Gasteiger partial charge on any atom is 0.243 e. The van der Waals surface area contributed by atoms with Gasteiger partial charge in [0.1, 0.15) is 11.5 Å². The van der Waals surface area contributed by atoms with Gasteiger partial charge in [-0.1, -0.05) is 6.42 Å². The summed E-state index contributed by atoms with van der Waals surface area (Å²) in [5, 5.41) is 2.83. The molecule has 1 aliphatic rings. The van der Waals surface area contributed by atoms with Crippen LogP contribution in [0.25, 0.3) is 0 Å². The van der Waals surface area contributed by atoms with Crippen LogP contribution in [0.1, 0.15) is 25.7 Å². The van der Waals surface area contributed by atoms with Crippen LogP contribution in [0.3, 0.4) is 0 Å². The van der Waals surface area contributed by atoms with Crippen LogP contribution >= 0.6 is 0 Å². The lowest BCUT2D eigenvalue weighted by atomic mass is 10.0. The van der Waals surface area contributed by atoms with Crippen LogP contribution < -0.4 is 14.8 Å². The number of rotatable bonds is 7. The molecule has 0 spiro atoms. The van der Waals surface area contributed by atoms with Gasteiger partial charge in [0, 0.05) is 24.7 Å². The minimum atomic E-state index is -3.68. The van der Waals surface area contributed by atoms with Gasteiger partial charge in [-0.15, -0.1) is 0 Å². The van der Waals surface area contributed by atoms with Gasteiger partial charge in [0.15, 0.2) is 0 Å². The molecule has 0 aromatic heterocycles. The molecule has 7 nitrogen and oxygen atoms in total. The first-order valence-electron chi connectivity index (χ1n) is 9.54. The monoisotopic (exact) mass is 418 g/mol. The Balaban J connectivity index is 1.71. The van der Waals surface area contributed by atoms with Crippen molar-refractivity contribution in [3.63, 3.8) is 0 Å². The molecule has 1 heterocycles. The second kappa shape index (κ2) is 9.28. The predicted octanol–water partition coefficient (Wildman–Crippen LogP) is 3.28. The van der Waals surface area contributed by atoms with Crippen molar-refractivity contribution < 1.29 is 22.7 Å². The summed E-state index contributed by atoms with van der Waals surface area (Å²) >= 11 is 0. The van der Waals surface area contributed by atoms with E-state index in [1.807, 2.05) is 0 Å². The Morgan fingerprint density at radius 1 is 1.00 bits per heavy atom. The predicted molar refractivity (Wildman–Crippen MR) is 111 cm³/mol. The van der Waals surface area contributed by atoms with E-state index >= 15 is 0 Å². The van der Waals surface area contributed by atoms with Crippen LogP contribution in [-0.4, -0.2) is 45.4 Å². The standard InChI is InChI=1S/C21H26N2O5S/c1-27-18-8-6-16(7-9-18)22-21(24)15-17-5-3-4-14-23(17)29(25,26)20-12-10-19(28-2)11-13-20/h6-13,17H,3-5,14-15H2,1-2H3,(H,22,24)/t17-/m1/s1. The van der Waals surface area contributed by atoms with Gasteiger partial charge in [-0.3, -0.25) is 4.79 Å². The number of amides is 1. The molecule has 8 heteroatoms. The molecule has 0 unspecified atom stereocenters. The van der Waals surface area contributed by atoms with Crippen molar-refractivity contribution >= 4 is 21.6 Å². The number of piperidine rings is 1. The van der Waals surface area contributed by atoms with E-state index in [4.69, 9.17) is 9.47 Å². The Morgan fingerprint density at radius 2 is 1.59 bits per heavy atom. The van der Waals surface area contributed by atoms with Crippen molar-refractivity contribution in [3.8, 4) is 11.5 Å². The van der Waals surface area contributed by atoms with Gasteiger partial charge in [0.05, 0.1) is 19.1 Å². The maximum absolute atomic E-state index is 13.1. The molecule has 1 fully saturated rings. The number of nitrogens with zero attached hydrogens (tertiary/aromatic N) is 1. The molecule has 29 heavy (non-hydrogen) atoms. The summed E-state index contributed by atoms with van der Waals surface area (Å²) < 4.78 is 38.0.